The molecule has 0 bridgehead atoms. The van der Waals surface area contributed by atoms with Crippen LogP contribution >= 0.6 is 0 Å². The van der Waals surface area contributed by atoms with Crippen molar-refractivity contribution in [2.75, 3.05) is 0 Å². The van der Waals surface area contributed by atoms with E-state index in [1.54, 1.807) is 49.4 Å². The number of hydrogen-bond acceptors (Lipinski definition) is 4. The van der Waals surface area contributed by atoms with E-state index in [2.05, 4.69) is 9.97 Å². The van der Waals surface area contributed by atoms with E-state index in [0.717, 1.165) is 11.1 Å². The van der Waals surface area contributed by atoms with Crippen molar-refractivity contribution in [2.24, 2.45) is 5.92 Å². The fourth-order valence-corrected chi connectivity index (χ4v) is 4.54. The highest BCUT2D eigenvalue weighted by Gasteiger charge is 2.24. The summed E-state index contributed by atoms with van der Waals surface area (Å²) in [6, 6.07) is 14.6. The summed E-state index contributed by atoms with van der Waals surface area (Å²) in [5, 5.41) is 18.4. The Balaban J connectivity index is 1.39. The predicted octanol–water partition coefficient (Wildman–Crippen LogP) is 6.57. The molecule has 1 aliphatic carbocycles. The molecule has 5 rings (SSSR count). The lowest BCUT2D eigenvalue weighted by Gasteiger charge is -2.24. The van der Waals surface area contributed by atoms with Crippen molar-refractivity contribution in [1.82, 2.24) is 9.97 Å². The number of carboxylic acids is 2. The lowest BCUT2D eigenvalue weighted by molar-refractivity contribution is 0.0685. The molecule has 0 spiro atoms. The number of aromatic amines is 1. The van der Waals surface area contributed by atoms with Crippen LogP contribution in [0.2, 0.25) is 0 Å². The molecule has 0 aliphatic heterocycles. The van der Waals surface area contributed by atoms with Gasteiger partial charge in [0.25, 0.3) is 6.01 Å². The smallest absolute Gasteiger partial charge is 0.336 e. The summed E-state index contributed by atoms with van der Waals surface area (Å²) in [5.74, 6) is -2.35. The third-order valence-electron chi connectivity index (χ3n) is 6.55. The Morgan fingerprint density at radius 1 is 1.03 bits per heavy atom. The SMILES string of the molecule is Cc1ccc(Oc2nc3cc(F)c(C4C=CC(c5ccc(C(=O)O)cc5)=CC4C)cc3[nH]2)cc1C(=O)O. The topological polar surface area (TPSA) is 113 Å². The Labute approximate surface area is 211 Å². The number of halogens is 1. The van der Waals surface area contributed by atoms with Crippen molar-refractivity contribution in [3.8, 4) is 11.8 Å². The van der Waals surface area contributed by atoms with Crippen LogP contribution in [0.25, 0.3) is 16.6 Å². The van der Waals surface area contributed by atoms with Crippen LogP contribution in [0, 0.1) is 18.7 Å². The zero-order chi connectivity index (χ0) is 26.3. The highest BCUT2D eigenvalue weighted by atomic mass is 19.1. The van der Waals surface area contributed by atoms with E-state index in [1.165, 1.54) is 12.1 Å². The first-order chi connectivity index (χ1) is 17.7. The van der Waals surface area contributed by atoms with E-state index < -0.39 is 17.8 Å². The number of ether oxygens (including phenoxy) is 1. The number of nitrogens with zero attached hydrogens (tertiary/aromatic N) is 1. The molecule has 37 heavy (non-hydrogen) atoms. The van der Waals surface area contributed by atoms with Gasteiger partial charge >= 0.3 is 11.9 Å². The summed E-state index contributed by atoms with van der Waals surface area (Å²) in [6.45, 7) is 3.70. The molecule has 2 atom stereocenters. The molecule has 3 N–H and O–H groups in total. The molecule has 3 aromatic carbocycles. The predicted molar refractivity (Wildman–Crippen MR) is 137 cm³/mol. The van der Waals surface area contributed by atoms with Gasteiger partial charge in [-0.2, -0.15) is 4.98 Å². The standard InChI is InChI=1S/C29H23FN2O5/c1-15-3-9-20(12-22(15)28(35)36)37-29-31-25-13-23(24(30)14-26(25)32-29)21-10-8-19(11-16(21)2)17-4-6-18(7-5-17)27(33)34/h3-14,16,21H,1-2H3,(H,31,32)(H,33,34)(H,35,36). The van der Waals surface area contributed by atoms with E-state index >= 15 is 4.39 Å². The Kier molecular flexibility index (Phi) is 6.09. The van der Waals surface area contributed by atoms with Crippen LogP contribution in [0.1, 0.15) is 50.2 Å². The number of aryl methyl sites for hydroxylation is 1. The van der Waals surface area contributed by atoms with E-state index in [4.69, 9.17) is 9.84 Å². The first-order valence-electron chi connectivity index (χ1n) is 11.6. The van der Waals surface area contributed by atoms with Crippen molar-refractivity contribution in [3.05, 3.63) is 106 Å². The lowest BCUT2D eigenvalue weighted by Crippen LogP contribution is -2.11. The Morgan fingerprint density at radius 2 is 1.78 bits per heavy atom. The summed E-state index contributed by atoms with van der Waals surface area (Å²) >= 11 is 0. The van der Waals surface area contributed by atoms with Crippen molar-refractivity contribution in [2.45, 2.75) is 19.8 Å². The van der Waals surface area contributed by atoms with Gasteiger partial charge in [-0.1, -0.05) is 43.4 Å². The number of allylic oxidation sites excluding steroid dienone is 4. The monoisotopic (exact) mass is 498 g/mol. The molecule has 0 radical (unpaired) electrons. The summed E-state index contributed by atoms with van der Waals surface area (Å²) in [6.07, 6.45) is 5.91. The molecule has 7 nitrogen and oxygen atoms in total. The second-order valence-corrected chi connectivity index (χ2v) is 9.07. The van der Waals surface area contributed by atoms with Gasteiger partial charge in [-0.15, -0.1) is 0 Å². The average molecular weight is 499 g/mol. The van der Waals surface area contributed by atoms with Gasteiger partial charge in [0, 0.05) is 12.0 Å². The third kappa shape index (κ3) is 4.73. The van der Waals surface area contributed by atoms with E-state index in [1.807, 2.05) is 25.2 Å². The number of carboxylic acid groups (broad SMARTS) is 2. The van der Waals surface area contributed by atoms with Crippen LogP contribution in [-0.4, -0.2) is 32.1 Å². The Morgan fingerprint density at radius 3 is 2.46 bits per heavy atom. The van der Waals surface area contributed by atoms with E-state index in [0.29, 0.717) is 27.9 Å². The van der Waals surface area contributed by atoms with Gasteiger partial charge in [-0.05, 0) is 65.4 Å². The first kappa shape index (κ1) is 24.0. The highest BCUT2D eigenvalue weighted by Crippen LogP contribution is 2.37. The molecule has 8 heteroatoms. The van der Waals surface area contributed by atoms with Crippen molar-refractivity contribution in [3.63, 3.8) is 0 Å². The lowest BCUT2D eigenvalue weighted by atomic mass is 9.80. The molecule has 0 fully saturated rings. The molecule has 0 saturated heterocycles. The maximum atomic E-state index is 15.2. The van der Waals surface area contributed by atoms with Gasteiger partial charge < -0.3 is 19.9 Å². The minimum atomic E-state index is -1.05. The summed E-state index contributed by atoms with van der Waals surface area (Å²) < 4.78 is 20.9. The number of nitrogens with one attached hydrogen (secondary N) is 1. The minimum Gasteiger partial charge on any atom is -0.478 e. The zero-order valence-corrected chi connectivity index (χ0v) is 20.0. The van der Waals surface area contributed by atoms with Crippen LogP contribution < -0.4 is 4.74 Å². The number of imidazole rings is 1. The summed E-state index contributed by atoms with van der Waals surface area (Å²) in [7, 11) is 0. The number of fused-ring (bicyclic) bond motifs is 1. The van der Waals surface area contributed by atoms with Gasteiger partial charge in [0.2, 0.25) is 0 Å². The fraction of sp³-hybridized carbons (Fsp3) is 0.138. The second kappa shape index (κ2) is 9.39. The maximum Gasteiger partial charge on any atom is 0.336 e. The van der Waals surface area contributed by atoms with Gasteiger partial charge in [-0.25, -0.2) is 14.0 Å². The largest absolute Gasteiger partial charge is 0.478 e. The number of aromatic carboxylic acids is 2. The van der Waals surface area contributed by atoms with Gasteiger partial charge in [0.1, 0.15) is 11.6 Å². The van der Waals surface area contributed by atoms with Crippen molar-refractivity contribution >= 4 is 28.5 Å². The van der Waals surface area contributed by atoms with Crippen LogP contribution in [0.15, 0.2) is 72.8 Å². The Hall–Kier alpha value is -4.72. The van der Waals surface area contributed by atoms with Crippen LogP contribution in [0.4, 0.5) is 4.39 Å². The zero-order valence-electron chi connectivity index (χ0n) is 20.0. The number of aromatic nitrogens is 2. The number of carbonyl (C=O) groups is 2. The van der Waals surface area contributed by atoms with Crippen molar-refractivity contribution in [1.29, 1.82) is 0 Å². The molecular weight excluding hydrogens is 475 g/mol. The second-order valence-electron chi connectivity index (χ2n) is 9.07. The molecule has 1 aliphatic rings. The number of benzene rings is 3. The van der Waals surface area contributed by atoms with Gasteiger partial charge in [0.15, 0.2) is 0 Å². The average Bonchev–Trinajstić information content (AvgIpc) is 3.25. The van der Waals surface area contributed by atoms with Crippen LogP contribution in [0.5, 0.6) is 11.8 Å². The van der Waals surface area contributed by atoms with Crippen molar-refractivity contribution < 1.29 is 28.9 Å². The number of rotatable bonds is 6. The van der Waals surface area contributed by atoms with Gasteiger partial charge in [0.05, 0.1) is 22.2 Å². The normalized spacial score (nSPS) is 17.0. The summed E-state index contributed by atoms with van der Waals surface area (Å²) in [4.78, 5) is 29.9. The first-order valence-corrected chi connectivity index (χ1v) is 11.6. The maximum absolute atomic E-state index is 15.2. The molecule has 186 valence electrons. The fourth-order valence-electron chi connectivity index (χ4n) is 4.54. The Bertz CT molecular complexity index is 1600. The number of hydrogen-bond donors (Lipinski definition) is 3. The minimum absolute atomic E-state index is 0.0215. The molecule has 1 heterocycles. The highest BCUT2D eigenvalue weighted by molar-refractivity contribution is 5.90. The quantitative estimate of drug-likeness (QED) is 0.277. The third-order valence-corrected chi connectivity index (χ3v) is 6.55. The van der Waals surface area contributed by atoms with E-state index in [-0.39, 0.29) is 29.0 Å². The molecule has 4 aromatic rings. The molecule has 0 amide bonds. The number of H-pyrrole nitrogens is 1. The van der Waals surface area contributed by atoms with Gasteiger partial charge in [-0.3, -0.25) is 0 Å². The van der Waals surface area contributed by atoms with Crippen LogP contribution in [0.3, 0.4) is 0 Å². The molecule has 2 unspecified atom stereocenters. The van der Waals surface area contributed by atoms with Crippen LogP contribution in [-0.2, 0) is 0 Å². The van der Waals surface area contributed by atoms with E-state index in [9.17, 15) is 14.7 Å². The molecular formula is C29H23FN2O5. The summed E-state index contributed by atoms with van der Waals surface area (Å²) in [5.41, 5.74) is 4.29. The molecule has 1 aromatic heterocycles. The molecule has 0 saturated carbocycles.